The first-order valence-electron chi connectivity index (χ1n) is 9.60. The van der Waals surface area contributed by atoms with Crippen LogP contribution in [0.25, 0.3) is 10.9 Å². The lowest BCUT2D eigenvalue weighted by Crippen LogP contribution is -2.35. The third-order valence-corrected chi connectivity index (χ3v) is 5.80. The molecule has 0 atom stereocenters. The van der Waals surface area contributed by atoms with Crippen molar-refractivity contribution in [1.82, 2.24) is 14.9 Å². The summed E-state index contributed by atoms with van der Waals surface area (Å²) in [5.74, 6) is 0.331. The van der Waals surface area contributed by atoms with Crippen LogP contribution in [0.5, 0.6) is 0 Å². The number of carbonyl (C=O) groups is 1. The second-order valence-corrected chi connectivity index (χ2v) is 7.86. The molecule has 5 nitrogen and oxygen atoms in total. The molecule has 140 valence electrons. The van der Waals surface area contributed by atoms with E-state index in [1.165, 1.54) is 37.4 Å². The summed E-state index contributed by atoms with van der Waals surface area (Å²) in [6.45, 7) is 2.65. The standard InChI is InChI=1S/C20H27N3O2S/c1-2-13-23-19(25)16-11-7-8-12-17(16)22-20(23)26-14-18(24)21-15-9-5-3-4-6-10-15/h7-8,11-12,15H,2-6,9-10,13-14H2,1H3,(H,21,24). The first kappa shape index (κ1) is 19.0. The van der Waals surface area contributed by atoms with Crippen LogP contribution in [0.1, 0.15) is 51.9 Å². The number of benzene rings is 1. The van der Waals surface area contributed by atoms with Crippen LogP contribution >= 0.6 is 11.8 Å². The Hall–Kier alpha value is -1.82. The number of amides is 1. The van der Waals surface area contributed by atoms with E-state index in [0.29, 0.717) is 34.4 Å². The van der Waals surface area contributed by atoms with E-state index in [0.717, 1.165) is 19.3 Å². The Morgan fingerprint density at radius 2 is 1.96 bits per heavy atom. The highest BCUT2D eigenvalue weighted by Crippen LogP contribution is 2.20. The van der Waals surface area contributed by atoms with Crippen LogP contribution < -0.4 is 10.9 Å². The van der Waals surface area contributed by atoms with Crippen molar-refractivity contribution in [2.24, 2.45) is 0 Å². The van der Waals surface area contributed by atoms with Crippen molar-refractivity contribution in [3.8, 4) is 0 Å². The predicted octanol–water partition coefficient (Wildman–Crippen LogP) is 3.74. The molecule has 0 unspecified atom stereocenters. The molecule has 1 N–H and O–H groups in total. The van der Waals surface area contributed by atoms with Crippen molar-refractivity contribution in [2.45, 2.75) is 69.6 Å². The fourth-order valence-corrected chi connectivity index (χ4v) is 4.34. The number of carbonyl (C=O) groups excluding carboxylic acids is 1. The van der Waals surface area contributed by atoms with Crippen LogP contribution in [0.2, 0.25) is 0 Å². The van der Waals surface area contributed by atoms with Crippen molar-refractivity contribution >= 4 is 28.6 Å². The Bertz CT molecular complexity index is 810. The number of thioether (sulfide) groups is 1. The highest BCUT2D eigenvalue weighted by molar-refractivity contribution is 7.99. The number of fused-ring (bicyclic) bond motifs is 1. The normalized spacial score (nSPS) is 15.7. The molecule has 1 saturated carbocycles. The summed E-state index contributed by atoms with van der Waals surface area (Å²) in [4.78, 5) is 29.7. The van der Waals surface area contributed by atoms with Gasteiger partial charge >= 0.3 is 0 Å². The van der Waals surface area contributed by atoms with E-state index in [1.807, 2.05) is 31.2 Å². The van der Waals surface area contributed by atoms with E-state index >= 15 is 0 Å². The van der Waals surface area contributed by atoms with E-state index in [4.69, 9.17) is 0 Å². The average Bonchev–Trinajstić information content (AvgIpc) is 2.91. The van der Waals surface area contributed by atoms with Gasteiger partial charge in [-0.3, -0.25) is 14.2 Å². The Balaban J connectivity index is 1.72. The Morgan fingerprint density at radius 1 is 1.23 bits per heavy atom. The summed E-state index contributed by atoms with van der Waals surface area (Å²) >= 11 is 1.36. The minimum Gasteiger partial charge on any atom is -0.353 e. The molecule has 2 aromatic rings. The molecule has 0 saturated heterocycles. The second kappa shape index (κ2) is 9.21. The molecule has 1 aliphatic rings. The highest BCUT2D eigenvalue weighted by atomic mass is 32.2. The zero-order chi connectivity index (χ0) is 18.4. The maximum atomic E-state index is 12.7. The zero-order valence-electron chi connectivity index (χ0n) is 15.4. The number of nitrogens with one attached hydrogen (secondary N) is 1. The molecule has 0 radical (unpaired) electrons. The number of hydrogen-bond acceptors (Lipinski definition) is 4. The van der Waals surface area contributed by atoms with Gasteiger partial charge in [-0.1, -0.05) is 56.5 Å². The molecule has 6 heteroatoms. The minimum absolute atomic E-state index is 0.0240. The molecule has 0 bridgehead atoms. The van der Waals surface area contributed by atoms with Crippen molar-refractivity contribution in [3.63, 3.8) is 0 Å². The lowest BCUT2D eigenvalue weighted by Gasteiger charge is -2.16. The van der Waals surface area contributed by atoms with Gasteiger partial charge in [0.1, 0.15) is 0 Å². The summed E-state index contributed by atoms with van der Waals surface area (Å²) < 4.78 is 1.70. The molecule has 0 aliphatic heterocycles. The van der Waals surface area contributed by atoms with Crippen molar-refractivity contribution in [1.29, 1.82) is 0 Å². The molecule has 1 fully saturated rings. The molecule has 1 aromatic carbocycles. The van der Waals surface area contributed by atoms with Gasteiger partial charge in [0, 0.05) is 12.6 Å². The van der Waals surface area contributed by atoms with Crippen molar-refractivity contribution in [2.75, 3.05) is 5.75 Å². The Morgan fingerprint density at radius 3 is 2.69 bits per heavy atom. The fraction of sp³-hybridized carbons (Fsp3) is 0.550. The number of nitrogens with zero attached hydrogens (tertiary/aromatic N) is 2. The maximum absolute atomic E-state index is 12.7. The number of para-hydroxylation sites is 1. The van der Waals surface area contributed by atoms with Crippen molar-refractivity contribution in [3.05, 3.63) is 34.6 Å². The summed E-state index contributed by atoms with van der Waals surface area (Å²) in [6, 6.07) is 7.70. The van der Waals surface area contributed by atoms with Crippen molar-refractivity contribution < 1.29 is 4.79 Å². The van der Waals surface area contributed by atoms with Crippen LogP contribution in [0.3, 0.4) is 0 Å². The van der Waals surface area contributed by atoms with Gasteiger partial charge in [-0.15, -0.1) is 0 Å². The first-order valence-corrected chi connectivity index (χ1v) is 10.6. The Kier molecular flexibility index (Phi) is 6.72. The third-order valence-electron chi connectivity index (χ3n) is 4.83. The summed E-state index contributed by atoms with van der Waals surface area (Å²) in [5, 5.41) is 4.42. The topological polar surface area (TPSA) is 64.0 Å². The Labute approximate surface area is 158 Å². The largest absolute Gasteiger partial charge is 0.353 e. The summed E-state index contributed by atoms with van der Waals surface area (Å²) in [7, 11) is 0. The smallest absolute Gasteiger partial charge is 0.262 e. The lowest BCUT2D eigenvalue weighted by atomic mass is 10.1. The lowest BCUT2D eigenvalue weighted by molar-refractivity contribution is -0.119. The van der Waals surface area contributed by atoms with E-state index in [2.05, 4.69) is 10.3 Å². The number of aromatic nitrogens is 2. The molecule has 26 heavy (non-hydrogen) atoms. The predicted molar refractivity (Wildman–Crippen MR) is 107 cm³/mol. The second-order valence-electron chi connectivity index (χ2n) is 6.91. The van der Waals surface area contributed by atoms with Gasteiger partial charge in [0.25, 0.3) is 5.56 Å². The number of rotatable bonds is 6. The van der Waals surface area contributed by atoms with Gasteiger partial charge in [-0.05, 0) is 31.4 Å². The summed E-state index contributed by atoms with van der Waals surface area (Å²) in [6.07, 6.45) is 7.93. The quantitative estimate of drug-likeness (QED) is 0.476. The van der Waals surface area contributed by atoms with Crippen LogP contribution in [0, 0.1) is 0 Å². The average molecular weight is 374 g/mol. The van der Waals surface area contributed by atoms with Gasteiger partial charge in [-0.2, -0.15) is 0 Å². The van der Waals surface area contributed by atoms with Gasteiger partial charge in [0.15, 0.2) is 5.16 Å². The first-order chi connectivity index (χ1) is 12.7. The van der Waals surface area contributed by atoms with Crippen LogP contribution in [0.15, 0.2) is 34.2 Å². The highest BCUT2D eigenvalue weighted by Gasteiger charge is 2.16. The number of hydrogen-bond donors (Lipinski definition) is 1. The molecule has 1 heterocycles. The molecular formula is C20H27N3O2S. The molecule has 1 aliphatic carbocycles. The minimum atomic E-state index is -0.0240. The van der Waals surface area contributed by atoms with E-state index in [1.54, 1.807) is 4.57 Å². The van der Waals surface area contributed by atoms with Crippen LogP contribution in [-0.4, -0.2) is 27.3 Å². The van der Waals surface area contributed by atoms with E-state index in [-0.39, 0.29) is 11.5 Å². The van der Waals surface area contributed by atoms with E-state index in [9.17, 15) is 9.59 Å². The summed E-state index contributed by atoms with van der Waals surface area (Å²) in [5.41, 5.74) is 0.667. The molecule has 0 spiro atoms. The van der Waals surface area contributed by atoms with Gasteiger partial charge in [0.05, 0.1) is 16.7 Å². The monoisotopic (exact) mass is 373 g/mol. The molecule has 1 aromatic heterocycles. The van der Waals surface area contributed by atoms with Gasteiger partial charge in [-0.25, -0.2) is 4.98 Å². The third kappa shape index (κ3) is 4.67. The molecule has 1 amide bonds. The SMILES string of the molecule is CCCn1c(SCC(=O)NC2CCCCCC2)nc2ccccc2c1=O. The molecular weight excluding hydrogens is 346 g/mol. The maximum Gasteiger partial charge on any atom is 0.262 e. The molecule has 3 rings (SSSR count). The van der Waals surface area contributed by atoms with E-state index < -0.39 is 0 Å². The van der Waals surface area contributed by atoms with Gasteiger partial charge < -0.3 is 5.32 Å². The van der Waals surface area contributed by atoms with Crippen LogP contribution in [-0.2, 0) is 11.3 Å². The van der Waals surface area contributed by atoms with Crippen LogP contribution in [0.4, 0.5) is 0 Å². The zero-order valence-corrected chi connectivity index (χ0v) is 16.2. The van der Waals surface area contributed by atoms with Gasteiger partial charge in [0.2, 0.25) is 5.91 Å². The fourth-order valence-electron chi connectivity index (χ4n) is 3.50.